The lowest BCUT2D eigenvalue weighted by atomic mass is 9.91. The molecule has 1 aliphatic heterocycles. The van der Waals surface area contributed by atoms with Crippen LogP contribution in [0.1, 0.15) is 5.76 Å². The van der Waals surface area contributed by atoms with Crippen LogP contribution in [0.25, 0.3) is 0 Å². The van der Waals surface area contributed by atoms with Gasteiger partial charge < -0.3 is 14.5 Å². The van der Waals surface area contributed by atoms with Crippen LogP contribution in [0.4, 0.5) is 0 Å². The Hall–Kier alpha value is -0.800. The Kier molecular flexibility index (Phi) is 1.90. The third-order valence-electron chi connectivity index (χ3n) is 2.40. The van der Waals surface area contributed by atoms with E-state index in [1.54, 1.807) is 13.4 Å². The topological polar surface area (TPSA) is 34.4 Å². The van der Waals surface area contributed by atoms with Gasteiger partial charge in [-0.3, -0.25) is 0 Å². The Morgan fingerprint density at radius 3 is 2.92 bits per heavy atom. The summed E-state index contributed by atoms with van der Waals surface area (Å²) in [7, 11) is 1.75. The molecule has 0 radical (unpaired) electrons. The third-order valence-corrected chi connectivity index (χ3v) is 2.40. The molecule has 66 valence electrons. The van der Waals surface area contributed by atoms with Gasteiger partial charge >= 0.3 is 0 Å². The average Bonchev–Trinajstić information content (AvgIpc) is 2.49. The molecule has 0 aliphatic carbocycles. The number of methoxy groups -OCH3 is 1. The molecule has 0 amide bonds. The van der Waals surface area contributed by atoms with Crippen LogP contribution in [-0.4, -0.2) is 25.8 Å². The molecular formula is C9H13NO2. The second-order valence-corrected chi connectivity index (χ2v) is 3.25. The van der Waals surface area contributed by atoms with Gasteiger partial charge in [0.2, 0.25) is 0 Å². The van der Waals surface area contributed by atoms with E-state index < -0.39 is 0 Å². The maximum absolute atomic E-state index is 5.42. The van der Waals surface area contributed by atoms with Gasteiger partial charge in [0.1, 0.15) is 5.76 Å². The number of hydrogen-bond acceptors (Lipinski definition) is 3. The monoisotopic (exact) mass is 167 g/mol. The molecule has 1 N–H and O–H groups in total. The van der Waals surface area contributed by atoms with Gasteiger partial charge in [0.25, 0.3) is 0 Å². The lowest BCUT2D eigenvalue weighted by molar-refractivity contribution is -0.0533. The van der Waals surface area contributed by atoms with Crippen molar-refractivity contribution < 1.29 is 9.15 Å². The van der Waals surface area contributed by atoms with Gasteiger partial charge in [-0.2, -0.15) is 0 Å². The molecule has 3 heteroatoms. The fraction of sp³-hybridized carbons (Fsp3) is 0.556. The van der Waals surface area contributed by atoms with Crippen LogP contribution >= 0.6 is 0 Å². The van der Waals surface area contributed by atoms with Crippen LogP contribution in [0.2, 0.25) is 0 Å². The number of hydrogen-bond donors (Lipinski definition) is 1. The molecule has 2 heterocycles. The van der Waals surface area contributed by atoms with Crippen molar-refractivity contribution in [3.8, 4) is 0 Å². The van der Waals surface area contributed by atoms with Crippen molar-refractivity contribution in [3.05, 3.63) is 24.2 Å². The molecule has 0 unspecified atom stereocenters. The smallest absolute Gasteiger partial charge is 0.106 e. The molecule has 1 aliphatic rings. The minimum absolute atomic E-state index is 0.0160. The predicted molar refractivity (Wildman–Crippen MR) is 45.0 cm³/mol. The van der Waals surface area contributed by atoms with Crippen LogP contribution in [-0.2, 0) is 11.2 Å². The zero-order valence-corrected chi connectivity index (χ0v) is 7.17. The van der Waals surface area contributed by atoms with E-state index in [0.29, 0.717) is 0 Å². The van der Waals surface area contributed by atoms with Crippen LogP contribution in [0.5, 0.6) is 0 Å². The molecule has 1 aromatic rings. The molecule has 0 bridgehead atoms. The molecule has 0 spiro atoms. The highest BCUT2D eigenvalue weighted by atomic mass is 16.5. The van der Waals surface area contributed by atoms with E-state index >= 15 is 0 Å². The molecular weight excluding hydrogens is 154 g/mol. The molecule has 2 rings (SSSR count). The van der Waals surface area contributed by atoms with Gasteiger partial charge in [0, 0.05) is 26.6 Å². The lowest BCUT2D eigenvalue weighted by Crippen LogP contribution is -2.61. The predicted octanol–water partition coefficient (Wildman–Crippen LogP) is 0.810. The second-order valence-electron chi connectivity index (χ2n) is 3.25. The third kappa shape index (κ3) is 1.26. The van der Waals surface area contributed by atoms with Gasteiger partial charge in [-0.05, 0) is 12.1 Å². The van der Waals surface area contributed by atoms with E-state index in [9.17, 15) is 0 Å². The first-order valence-electron chi connectivity index (χ1n) is 4.13. The molecule has 0 atom stereocenters. The first-order valence-corrected chi connectivity index (χ1v) is 4.13. The summed E-state index contributed by atoms with van der Waals surface area (Å²) in [5, 5.41) is 3.20. The van der Waals surface area contributed by atoms with Gasteiger partial charge in [-0.1, -0.05) is 0 Å². The molecule has 1 aromatic heterocycles. The van der Waals surface area contributed by atoms with Crippen molar-refractivity contribution in [1.82, 2.24) is 5.32 Å². The fourth-order valence-electron chi connectivity index (χ4n) is 1.48. The summed E-state index contributed by atoms with van der Waals surface area (Å²) in [5.74, 6) is 0.998. The van der Waals surface area contributed by atoms with Gasteiger partial charge in [0.05, 0.1) is 11.9 Å². The molecule has 0 saturated carbocycles. The minimum atomic E-state index is -0.0160. The van der Waals surface area contributed by atoms with Crippen molar-refractivity contribution in [2.24, 2.45) is 0 Å². The maximum atomic E-state index is 5.42. The number of furan rings is 1. The van der Waals surface area contributed by atoms with E-state index in [2.05, 4.69) is 5.32 Å². The summed E-state index contributed by atoms with van der Waals surface area (Å²) < 4.78 is 10.7. The zero-order chi connectivity index (χ0) is 8.44. The van der Waals surface area contributed by atoms with E-state index in [4.69, 9.17) is 9.15 Å². The number of nitrogens with one attached hydrogen (secondary N) is 1. The van der Waals surface area contributed by atoms with Crippen molar-refractivity contribution in [2.75, 3.05) is 20.2 Å². The summed E-state index contributed by atoms with van der Waals surface area (Å²) in [6.07, 6.45) is 2.56. The summed E-state index contributed by atoms with van der Waals surface area (Å²) in [6, 6.07) is 3.89. The minimum Gasteiger partial charge on any atom is -0.469 e. The van der Waals surface area contributed by atoms with E-state index in [0.717, 1.165) is 25.3 Å². The van der Waals surface area contributed by atoms with E-state index in [1.165, 1.54) is 0 Å². The lowest BCUT2D eigenvalue weighted by Gasteiger charge is -2.40. The molecule has 1 fully saturated rings. The second kappa shape index (κ2) is 2.92. The molecule has 3 nitrogen and oxygen atoms in total. The molecule has 12 heavy (non-hydrogen) atoms. The van der Waals surface area contributed by atoms with E-state index in [-0.39, 0.29) is 5.60 Å². The largest absolute Gasteiger partial charge is 0.469 e. The Bertz CT molecular complexity index is 234. The molecule has 1 saturated heterocycles. The van der Waals surface area contributed by atoms with Crippen molar-refractivity contribution in [2.45, 2.75) is 12.0 Å². The first kappa shape index (κ1) is 7.83. The van der Waals surface area contributed by atoms with Gasteiger partial charge in [0.15, 0.2) is 0 Å². The Labute approximate surface area is 71.7 Å². The van der Waals surface area contributed by atoms with Gasteiger partial charge in [-0.25, -0.2) is 0 Å². The number of ether oxygens (including phenoxy) is 1. The van der Waals surface area contributed by atoms with Crippen molar-refractivity contribution in [3.63, 3.8) is 0 Å². The SMILES string of the molecule is COC1(Cc2ccco2)CNC1. The number of rotatable bonds is 3. The van der Waals surface area contributed by atoms with Crippen LogP contribution in [0.3, 0.4) is 0 Å². The van der Waals surface area contributed by atoms with Crippen LogP contribution in [0.15, 0.2) is 22.8 Å². The standard InChI is InChI=1S/C9H13NO2/c1-11-9(6-10-7-9)5-8-3-2-4-12-8/h2-4,10H,5-7H2,1H3. The summed E-state index contributed by atoms with van der Waals surface area (Å²) >= 11 is 0. The highest BCUT2D eigenvalue weighted by molar-refractivity contribution is 5.07. The summed E-state index contributed by atoms with van der Waals surface area (Å²) in [5.41, 5.74) is -0.0160. The Morgan fingerprint density at radius 2 is 2.50 bits per heavy atom. The van der Waals surface area contributed by atoms with Crippen LogP contribution in [0, 0.1) is 0 Å². The highest BCUT2D eigenvalue weighted by Gasteiger charge is 2.37. The zero-order valence-electron chi connectivity index (χ0n) is 7.17. The fourth-order valence-corrected chi connectivity index (χ4v) is 1.48. The van der Waals surface area contributed by atoms with Crippen molar-refractivity contribution in [1.29, 1.82) is 0 Å². The Morgan fingerprint density at radius 1 is 1.67 bits per heavy atom. The summed E-state index contributed by atoms with van der Waals surface area (Å²) in [6.45, 7) is 1.84. The highest BCUT2D eigenvalue weighted by Crippen LogP contribution is 2.21. The van der Waals surface area contributed by atoms with E-state index in [1.807, 2.05) is 12.1 Å². The van der Waals surface area contributed by atoms with Crippen LogP contribution < -0.4 is 5.32 Å². The normalized spacial score (nSPS) is 20.4. The summed E-state index contributed by atoms with van der Waals surface area (Å²) in [4.78, 5) is 0. The first-order chi connectivity index (χ1) is 5.85. The molecule has 0 aromatic carbocycles. The quantitative estimate of drug-likeness (QED) is 0.723. The maximum Gasteiger partial charge on any atom is 0.106 e. The Balaban J connectivity index is 2.01. The van der Waals surface area contributed by atoms with Gasteiger partial charge in [-0.15, -0.1) is 0 Å². The average molecular weight is 167 g/mol. The van der Waals surface area contributed by atoms with Crippen molar-refractivity contribution >= 4 is 0 Å².